The van der Waals surface area contributed by atoms with Gasteiger partial charge in [-0.25, -0.2) is 10.4 Å². The largest absolute Gasteiger partial charge is 0.595 e. The van der Waals surface area contributed by atoms with Crippen molar-refractivity contribution in [1.29, 1.82) is 0 Å². The molecule has 0 aliphatic rings. The predicted molar refractivity (Wildman–Crippen MR) is 76.3 cm³/mol. The van der Waals surface area contributed by atoms with Gasteiger partial charge < -0.3 is 5.21 Å². The first-order valence-corrected chi connectivity index (χ1v) is 7.67. The Labute approximate surface area is 112 Å². The van der Waals surface area contributed by atoms with Crippen LogP contribution in [0, 0.1) is 5.21 Å². The lowest BCUT2D eigenvalue weighted by Crippen LogP contribution is -2.99. The fourth-order valence-electron chi connectivity index (χ4n) is 2.11. The zero-order valence-electron chi connectivity index (χ0n) is 12.0. The summed E-state index contributed by atoms with van der Waals surface area (Å²) >= 11 is 0. The molecular weight excluding hydrogens is 226 g/mol. The van der Waals surface area contributed by atoms with Crippen molar-refractivity contribution in [2.45, 2.75) is 84.0 Å². The lowest BCUT2D eigenvalue weighted by molar-refractivity contribution is -1.00. The zero-order chi connectivity index (χ0) is 13.5. The van der Waals surface area contributed by atoms with Gasteiger partial charge in [0, 0.05) is 0 Å². The molecule has 18 heavy (non-hydrogen) atoms. The molecular formula is C15H31NO2. The summed E-state index contributed by atoms with van der Waals surface area (Å²) in [6.45, 7) is 2.26. The molecule has 0 saturated heterocycles. The van der Waals surface area contributed by atoms with Crippen LogP contribution in [0.2, 0.25) is 0 Å². The summed E-state index contributed by atoms with van der Waals surface area (Å²) in [4.78, 5) is 0. The van der Waals surface area contributed by atoms with Gasteiger partial charge in [-0.15, -0.1) is 0 Å². The smallest absolute Gasteiger partial charge is 0.123 e. The zero-order valence-corrected chi connectivity index (χ0v) is 12.0. The molecule has 108 valence electrons. The molecule has 0 fully saturated rings. The molecule has 0 aromatic rings. The third kappa shape index (κ3) is 15.6. The summed E-state index contributed by atoms with van der Waals surface area (Å²) in [7, 11) is 0. The van der Waals surface area contributed by atoms with Crippen LogP contribution in [0.5, 0.6) is 0 Å². The van der Waals surface area contributed by atoms with Crippen LogP contribution >= 0.6 is 0 Å². The molecule has 0 heterocycles. The van der Waals surface area contributed by atoms with Gasteiger partial charge in [-0.3, -0.25) is 0 Å². The number of nitrogens with one attached hydrogen (secondary N) is 1. The van der Waals surface area contributed by atoms with E-state index in [0.717, 1.165) is 12.8 Å². The highest BCUT2D eigenvalue weighted by Crippen LogP contribution is 2.11. The quantitative estimate of drug-likeness (QED) is 0.387. The first-order chi connectivity index (χ1) is 8.77. The van der Waals surface area contributed by atoms with Crippen LogP contribution in [0.3, 0.4) is 0 Å². The van der Waals surface area contributed by atoms with Crippen LogP contribution in [0.1, 0.15) is 84.0 Å². The molecule has 0 aromatic heterocycles. The number of unbranched alkanes of at least 4 members (excludes halogenated alkanes) is 11. The molecule has 1 atom stereocenters. The summed E-state index contributed by atoms with van der Waals surface area (Å²) in [5.74, 6) is 0. The van der Waals surface area contributed by atoms with Crippen LogP contribution in [-0.2, 0) is 0 Å². The second-order valence-electron chi connectivity index (χ2n) is 5.06. The highest BCUT2D eigenvalue weighted by Gasteiger charge is 1.92. The van der Waals surface area contributed by atoms with E-state index in [1.807, 2.05) is 0 Å². The molecule has 1 unspecified atom stereocenters. The third-order valence-corrected chi connectivity index (χ3v) is 3.23. The van der Waals surface area contributed by atoms with Gasteiger partial charge in [-0.1, -0.05) is 71.1 Å². The van der Waals surface area contributed by atoms with E-state index < -0.39 is 5.23 Å². The van der Waals surface area contributed by atoms with Crippen LogP contribution < -0.4 is 5.23 Å². The molecule has 0 saturated carbocycles. The van der Waals surface area contributed by atoms with E-state index in [1.165, 1.54) is 70.4 Å². The van der Waals surface area contributed by atoms with Gasteiger partial charge in [0.15, 0.2) is 0 Å². The molecule has 0 amide bonds. The molecule has 3 heteroatoms. The number of allylic oxidation sites excluding steroid dienone is 1. The van der Waals surface area contributed by atoms with E-state index in [1.54, 1.807) is 6.08 Å². The highest BCUT2D eigenvalue weighted by molar-refractivity contribution is 4.71. The molecule has 0 spiro atoms. The first-order valence-electron chi connectivity index (χ1n) is 7.67. The van der Waals surface area contributed by atoms with Gasteiger partial charge in [-0.2, -0.15) is 0 Å². The Morgan fingerprint density at radius 1 is 0.833 bits per heavy atom. The minimum absolute atomic E-state index is 0.835. The van der Waals surface area contributed by atoms with Crippen molar-refractivity contribution in [2.24, 2.45) is 0 Å². The Morgan fingerprint density at radius 3 is 1.72 bits per heavy atom. The molecule has 0 aromatic carbocycles. The van der Waals surface area contributed by atoms with Crippen LogP contribution in [0.15, 0.2) is 12.3 Å². The van der Waals surface area contributed by atoms with E-state index >= 15 is 0 Å². The number of hydrogen-bond acceptors (Lipinski definition) is 2. The van der Waals surface area contributed by atoms with Gasteiger partial charge in [0.05, 0.1) is 0 Å². The molecule has 3 nitrogen and oxygen atoms in total. The highest BCUT2D eigenvalue weighted by atomic mass is 16.8. The predicted octanol–water partition coefficient (Wildman–Crippen LogP) is 3.97. The maximum atomic E-state index is 10.2. The fraction of sp³-hybridized carbons (Fsp3) is 0.867. The van der Waals surface area contributed by atoms with Crippen molar-refractivity contribution in [3.05, 3.63) is 17.5 Å². The van der Waals surface area contributed by atoms with Crippen molar-refractivity contribution < 1.29 is 10.4 Å². The molecule has 0 aliphatic carbocycles. The SMILES string of the molecule is CCCCCCCCCCCCCC=C[NH+]([O-])O. The molecule has 2 N–H and O–H groups in total. The lowest BCUT2D eigenvalue weighted by Gasteiger charge is -2.04. The van der Waals surface area contributed by atoms with Gasteiger partial charge in [0.2, 0.25) is 0 Å². The van der Waals surface area contributed by atoms with E-state index in [0.29, 0.717) is 0 Å². The van der Waals surface area contributed by atoms with Crippen LogP contribution in [0.25, 0.3) is 0 Å². The van der Waals surface area contributed by atoms with E-state index in [-0.39, 0.29) is 0 Å². The average molecular weight is 257 g/mol. The van der Waals surface area contributed by atoms with E-state index in [2.05, 4.69) is 6.92 Å². The summed E-state index contributed by atoms with van der Waals surface area (Å²) < 4.78 is 0. The second kappa shape index (κ2) is 14.7. The maximum Gasteiger partial charge on any atom is 0.123 e. The van der Waals surface area contributed by atoms with Gasteiger partial charge in [-0.05, 0) is 18.9 Å². The summed E-state index contributed by atoms with van der Waals surface area (Å²) in [6.07, 6.45) is 18.6. The van der Waals surface area contributed by atoms with Crippen molar-refractivity contribution >= 4 is 0 Å². The lowest BCUT2D eigenvalue weighted by atomic mass is 10.1. The average Bonchev–Trinajstić information content (AvgIpc) is 2.34. The second-order valence-corrected chi connectivity index (χ2v) is 5.06. The summed E-state index contributed by atoms with van der Waals surface area (Å²) in [5, 5.41) is 17.8. The summed E-state index contributed by atoms with van der Waals surface area (Å²) in [5.41, 5.74) is 0. The monoisotopic (exact) mass is 257 g/mol. The Kier molecular flexibility index (Phi) is 14.4. The molecule has 0 rings (SSSR count). The minimum atomic E-state index is -0.835. The normalized spacial score (nSPS) is 13.3. The van der Waals surface area contributed by atoms with Crippen LogP contribution in [0.4, 0.5) is 0 Å². The van der Waals surface area contributed by atoms with E-state index in [9.17, 15) is 5.21 Å². The Hall–Kier alpha value is -0.380. The van der Waals surface area contributed by atoms with Gasteiger partial charge in [0.1, 0.15) is 6.20 Å². The van der Waals surface area contributed by atoms with Gasteiger partial charge >= 0.3 is 0 Å². The number of hydrogen-bond donors (Lipinski definition) is 2. The molecule has 0 aliphatic heterocycles. The third-order valence-electron chi connectivity index (χ3n) is 3.23. The van der Waals surface area contributed by atoms with E-state index in [4.69, 9.17) is 5.21 Å². The van der Waals surface area contributed by atoms with Crippen LogP contribution in [-0.4, -0.2) is 5.21 Å². The number of hydroxylamine groups is 2. The molecule has 0 radical (unpaired) electrons. The standard InChI is InChI=1S/C15H31NO2/c1-2-3-4-5-6-7-8-9-10-11-12-13-14-15-16(17)18/h14-17H,2-13H2,1H3. The molecule has 0 bridgehead atoms. The van der Waals surface area contributed by atoms with Gasteiger partial charge in [0.25, 0.3) is 0 Å². The topological polar surface area (TPSA) is 47.7 Å². The van der Waals surface area contributed by atoms with Crippen molar-refractivity contribution in [3.63, 3.8) is 0 Å². The maximum absolute atomic E-state index is 10.2. The first kappa shape index (κ1) is 17.6. The van der Waals surface area contributed by atoms with Crippen molar-refractivity contribution in [2.75, 3.05) is 0 Å². The Morgan fingerprint density at radius 2 is 1.28 bits per heavy atom. The van der Waals surface area contributed by atoms with Crippen molar-refractivity contribution in [3.8, 4) is 0 Å². The minimum Gasteiger partial charge on any atom is -0.595 e. The Balaban J connectivity index is 2.99. The Bertz CT molecular complexity index is 181. The fourth-order valence-corrected chi connectivity index (χ4v) is 2.11. The van der Waals surface area contributed by atoms with Crippen molar-refractivity contribution in [1.82, 2.24) is 0 Å². The summed E-state index contributed by atoms with van der Waals surface area (Å²) in [6, 6.07) is 0. The number of quaternary nitrogens is 1. The number of rotatable bonds is 13.